The Morgan fingerprint density at radius 1 is 1.29 bits per heavy atom. The number of hydrogen-bond acceptors (Lipinski definition) is 5. The number of benzene rings is 1. The fourth-order valence-electron chi connectivity index (χ4n) is 2.41. The van der Waals surface area contributed by atoms with Gasteiger partial charge in [-0.25, -0.2) is 9.79 Å². The summed E-state index contributed by atoms with van der Waals surface area (Å²) < 4.78 is 34.5. The van der Waals surface area contributed by atoms with Gasteiger partial charge in [0.15, 0.2) is 5.70 Å². The van der Waals surface area contributed by atoms with Gasteiger partial charge < -0.3 is 9.47 Å². The number of aliphatic imine (C=N–C) groups is 1. The van der Waals surface area contributed by atoms with Gasteiger partial charge in [0, 0.05) is 0 Å². The van der Waals surface area contributed by atoms with Crippen molar-refractivity contribution in [3.05, 3.63) is 56.9 Å². The summed E-state index contributed by atoms with van der Waals surface area (Å²) in [7, 11) is 0. The van der Waals surface area contributed by atoms with Crippen molar-refractivity contribution in [3.8, 4) is 5.75 Å². The SMILES string of the molecule is Cc1cc(/C=C2\N=C(c3cccs3)OC2=O)cc(C)c1OC(F)F. The van der Waals surface area contributed by atoms with Crippen LogP contribution in [0.4, 0.5) is 8.78 Å². The van der Waals surface area contributed by atoms with Gasteiger partial charge in [0.2, 0.25) is 5.90 Å². The molecule has 0 spiro atoms. The van der Waals surface area contributed by atoms with Crippen LogP contribution >= 0.6 is 11.3 Å². The second-order valence-corrected chi connectivity index (χ2v) is 6.12. The van der Waals surface area contributed by atoms with Crippen molar-refractivity contribution < 1.29 is 23.0 Å². The quantitative estimate of drug-likeness (QED) is 0.610. The maximum Gasteiger partial charge on any atom is 0.387 e. The molecule has 0 fully saturated rings. The largest absolute Gasteiger partial charge is 0.434 e. The van der Waals surface area contributed by atoms with Crippen LogP contribution in [0.25, 0.3) is 6.08 Å². The minimum atomic E-state index is -2.88. The number of nitrogens with zero attached hydrogens (tertiary/aromatic N) is 1. The van der Waals surface area contributed by atoms with Crippen molar-refractivity contribution in [3.63, 3.8) is 0 Å². The average molecular weight is 349 g/mol. The molecule has 0 atom stereocenters. The minimum absolute atomic E-state index is 0.143. The first kappa shape index (κ1) is 16.3. The zero-order chi connectivity index (χ0) is 17.3. The van der Waals surface area contributed by atoms with Crippen molar-refractivity contribution in [2.75, 3.05) is 0 Å². The Hall–Kier alpha value is -2.54. The lowest BCUT2D eigenvalue weighted by molar-refractivity contribution is -0.129. The molecule has 0 radical (unpaired) electrons. The molecule has 7 heteroatoms. The molecule has 2 aromatic rings. The number of esters is 1. The maximum absolute atomic E-state index is 12.4. The summed E-state index contributed by atoms with van der Waals surface area (Å²) in [5.74, 6) is -0.127. The Bertz CT molecular complexity index is 819. The molecule has 4 nitrogen and oxygen atoms in total. The van der Waals surface area contributed by atoms with E-state index in [1.165, 1.54) is 11.3 Å². The first-order chi connectivity index (χ1) is 11.4. The molecule has 3 rings (SSSR count). The molecule has 0 saturated carbocycles. The monoisotopic (exact) mass is 349 g/mol. The second kappa shape index (κ2) is 6.52. The summed E-state index contributed by atoms with van der Waals surface area (Å²) in [6.45, 7) is 0.453. The molecule has 124 valence electrons. The highest BCUT2D eigenvalue weighted by molar-refractivity contribution is 7.12. The van der Waals surface area contributed by atoms with Gasteiger partial charge in [0.05, 0.1) is 4.88 Å². The van der Waals surface area contributed by atoms with Crippen molar-refractivity contribution in [2.45, 2.75) is 20.5 Å². The summed E-state index contributed by atoms with van der Waals surface area (Å²) in [6.07, 6.45) is 1.56. The second-order valence-electron chi connectivity index (χ2n) is 5.18. The fourth-order valence-corrected chi connectivity index (χ4v) is 3.06. The van der Waals surface area contributed by atoms with Crippen molar-refractivity contribution in [1.29, 1.82) is 0 Å². The Morgan fingerprint density at radius 2 is 2.00 bits per heavy atom. The summed E-state index contributed by atoms with van der Waals surface area (Å²) in [6, 6.07) is 6.96. The van der Waals surface area contributed by atoms with Crippen molar-refractivity contribution in [1.82, 2.24) is 0 Å². The van der Waals surface area contributed by atoms with E-state index in [4.69, 9.17) is 4.74 Å². The molecular weight excluding hydrogens is 336 g/mol. The molecule has 1 aliphatic heterocycles. The van der Waals surface area contributed by atoms with Gasteiger partial charge in [-0.15, -0.1) is 11.3 Å². The predicted octanol–water partition coefficient (Wildman–Crippen LogP) is 4.31. The van der Waals surface area contributed by atoms with Crippen LogP contribution in [0.1, 0.15) is 21.6 Å². The zero-order valence-corrected chi connectivity index (χ0v) is 13.7. The van der Waals surface area contributed by atoms with Crippen LogP contribution in [0.3, 0.4) is 0 Å². The standard InChI is InChI=1S/C17H13F2NO3S/c1-9-6-11(7-10(2)14(9)22-17(18)19)8-12-16(21)23-15(20-12)13-4-3-5-24-13/h3-8,17H,1-2H3/b12-8-. The first-order valence-corrected chi connectivity index (χ1v) is 7.94. The van der Waals surface area contributed by atoms with E-state index in [0.717, 1.165) is 4.88 Å². The van der Waals surface area contributed by atoms with E-state index >= 15 is 0 Å². The van der Waals surface area contributed by atoms with Gasteiger partial charge in [-0.05, 0) is 60.2 Å². The van der Waals surface area contributed by atoms with Gasteiger partial charge in [-0.2, -0.15) is 8.78 Å². The van der Waals surface area contributed by atoms with Crippen LogP contribution in [0.2, 0.25) is 0 Å². The number of alkyl halides is 2. The van der Waals surface area contributed by atoms with Gasteiger partial charge in [0.1, 0.15) is 5.75 Å². The summed E-state index contributed by atoms with van der Waals surface area (Å²) >= 11 is 1.42. The van der Waals surface area contributed by atoms with E-state index in [0.29, 0.717) is 16.7 Å². The Kier molecular flexibility index (Phi) is 4.44. The Morgan fingerprint density at radius 3 is 2.58 bits per heavy atom. The van der Waals surface area contributed by atoms with Gasteiger partial charge in [-0.3, -0.25) is 0 Å². The number of thiophene rings is 1. The molecule has 1 aliphatic rings. The molecule has 2 heterocycles. The van der Waals surface area contributed by atoms with E-state index in [9.17, 15) is 13.6 Å². The molecule has 0 bridgehead atoms. The summed E-state index contributed by atoms with van der Waals surface area (Å²) in [5, 5.41) is 1.86. The molecule has 24 heavy (non-hydrogen) atoms. The molecule has 0 unspecified atom stereocenters. The number of aryl methyl sites for hydroxylation is 2. The third-order valence-electron chi connectivity index (χ3n) is 3.35. The number of halogens is 2. The lowest BCUT2D eigenvalue weighted by Gasteiger charge is -2.12. The van der Waals surface area contributed by atoms with Crippen molar-refractivity contribution >= 4 is 29.3 Å². The van der Waals surface area contributed by atoms with E-state index in [2.05, 4.69) is 9.73 Å². The number of cyclic esters (lactones) is 1. The van der Waals surface area contributed by atoms with Gasteiger partial charge in [-0.1, -0.05) is 6.07 Å². The number of hydrogen-bond donors (Lipinski definition) is 0. The van der Waals surface area contributed by atoms with E-state index in [1.807, 2.05) is 17.5 Å². The minimum Gasteiger partial charge on any atom is -0.434 e. The Balaban J connectivity index is 1.92. The van der Waals surface area contributed by atoms with E-state index in [1.54, 1.807) is 32.1 Å². The van der Waals surface area contributed by atoms with Crippen LogP contribution in [-0.4, -0.2) is 18.5 Å². The highest BCUT2D eigenvalue weighted by Gasteiger charge is 2.24. The number of rotatable bonds is 4. The predicted molar refractivity (Wildman–Crippen MR) is 87.5 cm³/mol. The van der Waals surface area contributed by atoms with Crippen LogP contribution < -0.4 is 4.74 Å². The maximum atomic E-state index is 12.4. The lowest BCUT2D eigenvalue weighted by atomic mass is 10.0. The average Bonchev–Trinajstić information content (AvgIpc) is 3.13. The van der Waals surface area contributed by atoms with Crippen LogP contribution in [0, 0.1) is 13.8 Å². The summed E-state index contributed by atoms with van der Waals surface area (Å²) in [4.78, 5) is 16.9. The first-order valence-electron chi connectivity index (χ1n) is 7.06. The van der Waals surface area contributed by atoms with Crippen LogP contribution in [0.15, 0.2) is 40.3 Å². The van der Waals surface area contributed by atoms with E-state index < -0.39 is 12.6 Å². The topological polar surface area (TPSA) is 47.9 Å². The fraction of sp³-hybridized carbons (Fsp3) is 0.176. The number of ether oxygens (including phenoxy) is 2. The van der Waals surface area contributed by atoms with Crippen LogP contribution in [-0.2, 0) is 9.53 Å². The van der Waals surface area contributed by atoms with Crippen molar-refractivity contribution in [2.24, 2.45) is 4.99 Å². The molecule has 0 saturated heterocycles. The summed E-state index contributed by atoms with van der Waals surface area (Å²) in [5.41, 5.74) is 1.93. The van der Waals surface area contributed by atoms with Gasteiger partial charge >= 0.3 is 12.6 Å². The normalized spacial score (nSPS) is 15.8. The smallest absolute Gasteiger partial charge is 0.387 e. The van der Waals surface area contributed by atoms with Gasteiger partial charge in [0.25, 0.3) is 0 Å². The number of carbonyl (C=O) groups excluding carboxylic acids is 1. The lowest BCUT2D eigenvalue weighted by Crippen LogP contribution is -2.05. The zero-order valence-electron chi connectivity index (χ0n) is 12.9. The third-order valence-corrected chi connectivity index (χ3v) is 4.20. The number of carbonyl (C=O) groups is 1. The molecular formula is C17H13F2NO3S. The molecule has 1 aromatic carbocycles. The molecule has 1 aromatic heterocycles. The molecule has 0 amide bonds. The van der Waals surface area contributed by atoms with E-state index in [-0.39, 0.29) is 17.3 Å². The molecule has 0 aliphatic carbocycles. The highest BCUT2D eigenvalue weighted by atomic mass is 32.1. The molecule has 0 N–H and O–H groups in total. The van der Waals surface area contributed by atoms with Crippen LogP contribution in [0.5, 0.6) is 5.75 Å². The highest BCUT2D eigenvalue weighted by Crippen LogP contribution is 2.28. The third kappa shape index (κ3) is 3.35. The Labute approximate surface area is 141 Å².